The molecule has 1 aliphatic rings. The molecule has 1 aromatic carbocycles. The van der Waals surface area contributed by atoms with Crippen LogP contribution in [0.25, 0.3) is 11.0 Å². The molecular weight excluding hydrogens is 323 g/mol. The molecule has 1 saturated heterocycles. The van der Waals surface area contributed by atoms with Gasteiger partial charge < -0.3 is 9.88 Å². The summed E-state index contributed by atoms with van der Waals surface area (Å²) in [5.74, 6) is -1.94. The Morgan fingerprint density at radius 1 is 1.33 bits per heavy atom. The topological polar surface area (TPSA) is 58.1 Å². The first-order chi connectivity index (χ1) is 11.2. The predicted octanol–water partition coefficient (Wildman–Crippen LogP) is 2.67. The van der Waals surface area contributed by atoms with Gasteiger partial charge in [0.25, 0.3) is 5.91 Å². The van der Waals surface area contributed by atoms with Gasteiger partial charge in [-0.3, -0.25) is 9.36 Å². The van der Waals surface area contributed by atoms with E-state index in [9.17, 15) is 22.8 Å². The molecular formula is C16H18F3N3O2. The Morgan fingerprint density at radius 2 is 2.04 bits per heavy atom. The number of amides is 1. The maximum Gasteiger partial charge on any atom is 0.393 e. The molecule has 1 fully saturated rings. The number of nitrogens with one attached hydrogen (secondary N) is 1. The third kappa shape index (κ3) is 2.70. The lowest BCUT2D eigenvalue weighted by molar-refractivity contribution is -0.195. The Balaban J connectivity index is 1.93. The van der Waals surface area contributed by atoms with E-state index in [4.69, 9.17) is 0 Å². The second-order valence-electron chi connectivity index (χ2n) is 6.25. The number of imidazole rings is 1. The minimum Gasteiger partial charge on any atom is -0.335 e. The minimum absolute atomic E-state index is 0.0415. The number of aryl methyl sites for hydroxylation is 1. The van der Waals surface area contributed by atoms with Crippen LogP contribution in [0.15, 0.2) is 23.0 Å². The molecule has 0 spiro atoms. The van der Waals surface area contributed by atoms with Crippen molar-refractivity contribution in [2.75, 3.05) is 6.54 Å². The van der Waals surface area contributed by atoms with Gasteiger partial charge in [0.05, 0.1) is 17.0 Å². The summed E-state index contributed by atoms with van der Waals surface area (Å²) in [6, 6.07) is 3.76. The molecule has 0 radical (unpaired) electrons. The minimum atomic E-state index is -4.31. The molecule has 130 valence electrons. The van der Waals surface area contributed by atoms with Gasteiger partial charge in [0, 0.05) is 25.2 Å². The maximum absolute atomic E-state index is 13.1. The number of hydrogen-bond donors (Lipinski definition) is 1. The van der Waals surface area contributed by atoms with Gasteiger partial charge in [-0.25, -0.2) is 4.79 Å². The number of nitrogens with zero attached hydrogens (tertiary/aromatic N) is 2. The van der Waals surface area contributed by atoms with Crippen molar-refractivity contribution >= 4 is 16.9 Å². The lowest BCUT2D eigenvalue weighted by atomic mass is 9.89. The molecule has 24 heavy (non-hydrogen) atoms. The van der Waals surface area contributed by atoms with Crippen LogP contribution in [-0.4, -0.2) is 39.1 Å². The van der Waals surface area contributed by atoms with E-state index in [0.717, 1.165) is 0 Å². The summed E-state index contributed by atoms with van der Waals surface area (Å²) in [5.41, 5.74) is 1.10. The number of halogens is 3. The molecule has 1 aliphatic heterocycles. The van der Waals surface area contributed by atoms with Gasteiger partial charge in [-0.05, 0) is 38.0 Å². The maximum atomic E-state index is 13.1. The zero-order valence-electron chi connectivity index (χ0n) is 13.4. The van der Waals surface area contributed by atoms with Gasteiger partial charge >= 0.3 is 11.9 Å². The van der Waals surface area contributed by atoms with Gasteiger partial charge in [-0.2, -0.15) is 13.2 Å². The summed E-state index contributed by atoms with van der Waals surface area (Å²) in [7, 11) is 1.57. The standard InChI is InChI=1S/C16H18F3N3O2/c1-9-11(16(17,18)19)4-3-7-22(9)14(23)10-5-6-12-13(8-10)21(2)15(24)20-12/h5-6,8-9,11H,3-4,7H2,1-2H3,(H,20,24). The third-order valence-electron chi connectivity index (χ3n) is 4.82. The predicted molar refractivity (Wildman–Crippen MR) is 82.8 cm³/mol. The number of piperidine rings is 1. The van der Waals surface area contributed by atoms with E-state index in [1.165, 1.54) is 22.5 Å². The Bertz CT molecular complexity index is 837. The van der Waals surface area contributed by atoms with Crippen LogP contribution in [0.5, 0.6) is 0 Å². The third-order valence-corrected chi connectivity index (χ3v) is 4.82. The van der Waals surface area contributed by atoms with Crippen LogP contribution in [0, 0.1) is 5.92 Å². The first kappa shape index (κ1) is 16.6. The molecule has 1 N–H and O–H groups in total. The number of rotatable bonds is 1. The fourth-order valence-electron chi connectivity index (χ4n) is 3.39. The Morgan fingerprint density at radius 3 is 2.71 bits per heavy atom. The molecule has 2 heterocycles. The number of alkyl halides is 3. The molecule has 0 saturated carbocycles. The number of carbonyl (C=O) groups excluding carboxylic acids is 1. The summed E-state index contributed by atoms with van der Waals surface area (Å²) in [4.78, 5) is 28.2. The van der Waals surface area contributed by atoms with E-state index in [1.807, 2.05) is 0 Å². The van der Waals surface area contributed by atoms with E-state index < -0.39 is 24.0 Å². The van der Waals surface area contributed by atoms with Crippen LogP contribution in [0.3, 0.4) is 0 Å². The number of fused-ring (bicyclic) bond motifs is 1. The molecule has 5 nitrogen and oxygen atoms in total. The summed E-state index contributed by atoms with van der Waals surface area (Å²) >= 11 is 0. The molecule has 2 atom stereocenters. The summed E-state index contributed by atoms with van der Waals surface area (Å²) < 4.78 is 40.7. The molecule has 2 aromatic rings. The molecule has 3 rings (SSSR count). The molecule has 0 bridgehead atoms. The van der Waals surface area contributed by atoms with Crippen LogP contribution < -0.4 is 5.69 Å². The van der Waals surface area contributed by atoms with Crippen LogP contribution in [0.4, 0.5) is 13.2 Å². The fourth-order valence-corrected chi connectivity index (χ4v) is 3.39. The van der Waals surface area contributed by atoms with Crippen molar-refractivity contribution in [3.63, 3.8) is 0 Å². The Kier molecular flexibility index (Phi) is 3.93. The zero-order valence-corrected chi connectivity index (χ0v) is 13.4. The molecule has 1 amide bonds. The highest BCUT2D eigenvalue weighted by molar-refractivity contribution is 5.97. The van der Waals surface area contributed by atoms with E-state index in [0.29, 0.717) is 24.0 Å². The van der Waals surface area contributed by atoms with Crippen molar-refractivity contribution in [1.29, 1.82) is 0 Å². The fraction of sp³-hybridized carbons (Fsp3) is 0.500. The summed E-state index contributed by atoms with van der Waals surface area (Å²) in [6.07, 6.45) is -3.95. The highest BCUT2D eigenvalue weighted by Crippen LogP contribution is 2.37. The highest BCUT2D eigenvalue weighted by atomic mass is 19.4. The number of carbonyl (C=O) groups is 1. The zero-order chi connectivity index (χ0) is 17.6. The normalized spacial score (nSPS) is 22.1. The molecule has 1 aromatic heterocycles. The van der Waals surface area contributed by atoms with E-state index in [-0.39, 0.29) is 17.7 Å². The van der Waals surface area contributed by atoms with Gasteiger partial charge in [0.1, 0.15) is 0 Å². The van der Waals surface area contributed by atoms with Crippen LogP contribution in [0.1, 0.15) is 30.1 Å². The van der Waals surface area contributed by atoms with E-state index in [2.05, 4.69) is 4.98 Å². The van der Waals surface area contributed by atoms with Crippen LogP contribution in [0.2, 0.25) is 0 Å². The smallest absolute Gasteiger partial charge is 0.335 e. The molecule has 8 heteroatoms. The van der Waals surface area contributed by atoms with Crippen molar-refractivity contribution in [3.8, 4) is 0 Å². The van der Waals surface area contributed by atoms with Gasteiger partial charge in [0.2, 0.25) is 0 Å². The number of aromatic amines is 1. The number of benzene rings is 1. The van der Waals surface area contributed by atoms with Gasteiger partial charge in [0.15, 0.2) is 0 Å². The largest absolute Gasteiger partial charge is 0.393 e. The van der Waals surface area contributed by atoms with Crippen molar-refractivity contribution in [1.82, 2.24) is 14.5 Å². The summed E-state index contributed by atoms with van der Waals surface area (Å²) in [5, 5.41) is 0. The van der Waals surface area contributed by atoms with E-state index >= 15 is 0 Å². The number of likely N-dealkylation sites (tertiary alicyclic amines) is 1. The lowest BCUT2D eigenvalue weighted by Gasteiger charge is -2.40. The van der Waals surface area contributed by atoms with Crippen LogP contribution >= 0.6 is 0 Å². The molecule has 0 aliphatic carbocycles. The van der Waals surface area contributed by atoms with Gasteiger partial charge in [-0.1, -0.05) is 0 Å². The van der Waals surface area contributed by atoms with Crippen LogP contribution in [-0.2, 0) is 7.05 Å². The van der Waals surface area contributed by atoms with E-state index in [1.54, 1.807) is 19.2 Å². The number of H-pyrrole nitrogens is 1. The SMILES string of the molecule is CC1C(C(F)(F)F)CCCN1C(=O)c1ccc2[nH]c(=O)n(C)c2c1. The second kappa shape index (κ2) is 5.68. The Hall–Kier alpha value is -2.25. The summed E-state index contributed by atoms with van der Waals surface area (Å²) in [6.45, 7) is 1.75. The number of aromatic nitrogens is 2. The first-order valence-electron chi connectivity index (χ1n) is 7.76. The van der Waals surface area contributed by atoms with Crippen molar-refractivity contribution in [3.05, 3.63) is 34.2 Å². The first-order valence-corrected chi connectivity index (χ1v) is 7.76. The van der Waals surface area contributed by atoms with Crippen molar-refractivity contribution < 1.29 is 18.0 Å². The average molecular weight is 341 g/mol. The highest BCUT2D eigenvalue weighted by Gasteiger charge is 2.47. The molecule has 2 unspecified atom stereocenters. The quantitative estimate of drug-likeness (QED) is 0.867. The second-order valence-corrected chi connectivity index (χ2v) is 6.25. The Labute approximate surface area is 136 Å². The number of hydrogen-bond acceptors (Lipinski definition) is 2. The van der Waals surface area contributed by atoms with Crippen molar-refractivity contribution in [2.45, 2.75) is 32.0 Å². The van der Waals surface area contributed by atoms with Gasteiger partial charge in [-0.15, -0.1) is 0 Å². The van der Waals surface area contributed by atoms with Crippen molar-refractivity contribution in [2.24, 2.45) is 13.0 Å². The monoisotopic (exact) mass is 341 g/mol. The average Bonchev–Trinajstić information content (AvgIpc) is 2.80. The lowest BCUT2D eigenvalue weighted by Crippen LogP contribution is -2.51.